The maximum atomic E-state index is 13.4. The topological polar surface area (TPSA) is 61.4 Å². The summed E-state index contributed by atoms with van der Waals surface area (Å²) in [6.07, 6.45) is 3.79. The van der Waals surface area contributed by atoms with Gasteiger partial charge in [-0.05, 0) is 37.0 Å². The number of benzene rings is 2. The van der Waals surface area contributed by atoms with Crippen molar-refractivity contribution < 1.29 is 9.59 Å². The average Bonchev–Trinajstić information content (AvgIpc) is 3.07. The van der Waals surface area contributed by atoms with Crippen molar-refractivity contribution in [3.05, 3.63) is 71.8 Å². The number of carbonyl (C=O) groups excluding carboxylic acids is 2. The monoisotopic (exact) mass is 377 g/mol. The Labute approximate surface area is 166 Å². The van der Waals surface area contributed by atoms with E-state index < -0.39 is 6.04 Å². The maximum absolute atomic E-state index is 13.4. The molecule has 2 N–H and O–H groups in total. The van der Waals surface area contributed by atoms with Gasteiger partial charge in [0.1, 0.15) is 6.04 Å². The average molecular weight is 377 g/mol. The molecule has 0 saturated carbocycles. The lowest BCUT2D eigenvalue weighted by atomic mass is 10.0. The summed E-state index contributed by atoms with van der Waals surface area (Å²) in [5.74, 6) is -0.188. The number of likely N-dealkylation sites (tertiary alicyclic amines) is 1. The fourth-order valence-corrected chi connectivity index (χ4v) is 4.24. The Balaban J connectivity index is 1.51. The molecule has 2 amide bonds. The standard InChI is InChI=1S/C23H27N3O2/c27-22(18-9-5-2-6-10-18)25-21(15-17-7-3-1-4-8-17)23(28)26-14-13-19-11-12-20(16-26)24-19/h1-10,19-21,24H,11-16H2,(H,25,27). The van der Waals surface area contributed by atoms with E-state index in [1.54, 1.807) is 12.1 Å². The van der Waals surface area contributed by atoms with Crippen molar-refractivity contribution in [3.63, 3.8) is 0 Å². The molecule has 146 valence electrons. The predicted molar refractivity (Wildman–Crippen MR) is 109 cm³/mol. The first-order valence-electron chi connectivity index (χ1n) is 10.1. The number of hydrogen-bond donors (Lipinski definition) is 2. The van der Waals surface area contributed by atoms with Gasteiger partial charge in [0.05, 0.1) is 0 Å². The molecule has 3 atom stereocenters. The Morgan fingerprint density at radius 1 is 0.964 bits per heavy atom. The minimum absolute atomic E-state index is 0.0162. The SMILES string of the molecule is O=C(NC(Cc1ccccc1)C(=O)N1CCC2CCC(C1)N2)c1ccccc1. The molecule has 0 radical (unpaired) electrons. The molecule has 2 bridgehead atoms. The number of rotatable bonds is 5. The largest absolute Gasteiger partial charge is 0.340 e. The first kappa shape index (κ1) is 18.7. The van der Waals surface area contributed by atoms with E-state index >= 15 is 0 Å². The van der Waals surface area contributed by atoms with Crippen molar-refractivity contribution >= 4 is 11.8 Å². The van der Waals surface area contributed by atoms with Crippen molar-refractivity contribution in [2.24, 2.45) is 0 Å². The lowest BCUT2D eigenvalue weighted by molar-refractivity contribution is -0.133. The molecule has 3 unspecified atom stereocenters. The summed E-state index contributed by atoms with van der Waals surface area (Å²) < 4.78 is 0. The number of hydrogen-bond acceptors (Lipinski definition) is 3. The van der Waals surface area contributed by atoms with Crippen molar-refractivity contribution in [3.8, 4) is 0 Å². The maximum Gasteiger partial charge on any atom is 0.251 e. The van der Waals surface area contributed by atoms with Gasteiger partial charge in [0.15, 0.2) is 0 Å². The second-order valence-electron chi connectivity index (χ2n) is 7.79. The lowest BCUT2D eigenvalue weighted by Gasteiger charge is -2.29. The number of nitrogens with one attached hydrogen (secondary N) is 2. The van der Waals surface area contributed by atoms with Gasteiger partial charge in [0, 0.05) is 37.2 Å². The van der Waals surface area contributed by atoms with Crippen molar-refractivity contribution in [2.75, 3.05) is 13.1 Å². The van der Waals surface area contributed by atoms with Crippen LogP contribution in [-0.4, -0.2) is 47.9 Å². The third kappa shape index (κ3) is 4.42. The Hall–Kier alpha value is -2.66. The zero-order chi connectivity index (χ0) is 19.3. The first-order valence-corrected chi connectivity index (χ1v) is 10.1. The highest BCUT2D eigenvalue weighted by Crippen LogP contribution is 2.21. The highest BCUT2D eigenvalue weighted by Gasteiger charge is 2.34. The van der Waals surface area contributed by atoms with Crippen molar-refractivity contribution in [1.82, 2.24) is 15.5 Å². The molecule has 2 saturated heterocycles. The number of fused-ring (bicyclic) bond motifs is 2. The Morgan fingerprint density at radius 2 is 1.64 bits per heavy atom. The van der Waals surface area contributed by atoms with E-state index in [9.17, 15) is 9.59 Å². The van der Waals surface area contributed by atoms with E-state index in [-0.39, 0.29) is 11.8 Å². The molecule has 5 heteroatoms. The fraction of sp³-hybridized carbons (Fsp3) is 0.391. The molecule has 2 heterocycles. The van der Waals surface area contributed by atoms with Gasteiger partial charge < -0.3 is 15.5 Å². The summed E-state index contributed by atoms with van der Waals surface area (Å²) >= 11 is 0. The number of nitrogens with zero attached hydrogens (tertiary/aromatic N) is 1. The lowest BCUT2D eigenvalue weighted by Crippen LogP contribution is -2.51. The summed E-state index contributed by atoms with van der Waals surface area (Å²) in [5.41, 5.74) is 1.62. The third-order valence-electron chi connectivity index (χ3n) is 5.76. The van der Waals surface area contributed by atoms with Crippen LogP contribution in [0, 0.1) is 0 Å². The van der Waals surface area contributed by atoms with Crippen LogP contribution in [0.15, 0.2) is 60.7 Å². The minimum atomic E-state index is -0.563. The molecular formula is C23H27N3O2. The van der Waals surface area contributed by atoms with Gasteiger partial charge in [-0.2, -0.15) is 0 Å². The molecular weight excluding hydrogens is 350 g/mol. The van der Waals surface area contributed by atoms with Crippen LogP contribution in [0.4, 0.5) is 0 Å². The third-order valence-corrected chi connectivity index (χ3v) is 5.76. The smallest absolute Gasteiger partial charge is 0.251 e. The molecule has 4 rings (SSSR count). The molecule has 2 aromatic carbocycles. The molecule has 2 aromatic rings. The van der Waals surface area contributed by atoms with Crippen LogP contribution in [0.2, 0.25) is 0 Å². The van der Waals surface area contributed by atoms with E-state index in [4.69, 9.17) is 0 Å². The highest BCUT2D eigenvalue weighted by molar-refractivity contribution is 5.97. The van der Waals surface area contributed by atoms with Gasteiger partial charge in [-0.15, -0.1) is 0 Å². The normalized spacial score (nSPS) is 22.4. The zero-order valence-electron chi connectivity index (χ0n) is 16.0. The van der Waals surface area contributed by atoms with Gasteiger partial charge in [-0.1, -0.05) is 48.5 Å². The van der Waals surface area contributed by atoms with E-state index in [0.29, 0.717) is 24.1 Å². The minimum Gasteiger partial charge on any atom is -0.340 e. The Bertz CT molecular complexity index is 809. The second-order valence-corrected chi connectivity index (χ2v) is 7.79. The summed E-state index contributed by atoms with van der Waals surface area (Å²) in [6.45, 7) is 1.47. The number of carbonyl (C=O) groups is 2. The number of amides is 2. The molecule has 0 aliphatic carbocycles. The molecule has 5 nitrogen and oxygen atoms in total. The van der Waals surface area contributed by atoms with Gasteiger partial charge in [0.25, 0.3) is 5.91 Å². The van der Waals surface area contributed by atoms with Crippen molar-refractivity contribution in [2.45, 2.75) is 43.8 Å². The summed E-state index contributed by atoms with van der Waals surface area (Å²) in [6, 6.07) is 19.3. The van der Waals surface area contributed by atoms with E-state index in [0.717, 1.165) is 31.5 Å². The summed E-state index contributed by atoms with van der Waals surface area (Å²) in [7, 11) is 0. The van der Waals surface area contributed by atoms with Crippen molar-refractivity contribution in [1.29, 1.82) is 0 Å². The van der Waals surface area contributed by atoms with Crippen LogP contribution in [0.1, 0.15) is 35.2 Å². The van der Waals surface area contributed by atoms with Crippen LogP contribution in [0.5, 0.6) is 0 Å². The quantitative estimate of drug-likeness (QED) is 0.841. The van der Waals surface area contributed by atoms with Gasteiger partial charge in [-0.3, -0.25) is 9.59 Å². The van der Waals surface area contributed by atoms with Crippen LogP contribution < -0.4 is 10.6 Å². The Kier molecular flexibility index (Phi) is 5.72. The second kappa shape index (κ2) is 8.57. The molecule has 28 heavy (non-hydrogen) atoms. The molecule has 2 aliphatic heterocycles. The van der Waals surface area contributed by atoms with Gasteiger partial charge in [0.2, 0.25) is 5.91 Å². The van der Waals surface area contributed by atoms with Crippen LogP contribution in [0.3, 0.4) is 0 Å². The van der Waals surface area contributed by atoms with Gasteiger partial charge >= 0.3 is 0 Å². The summed E-state index contributed by atoms with van der Waals surface area (Å²) in [4.78, 5) is 28.1. The molecule has 2 fully saturated rings. The molecule has 0 aromatic heterocycles. The highest BCUT2D eigenvalue weighted by atomic mass is 16.2. The van der Waals surface area contributed by atoms with Crippen LogP contribution in [-0.2, 0) is 11.2 Å². The van der Waals surface area contributed by atoms with Gasteiger partial charge in [-0.25, -0.2) is 0 Å². The fourth-order valence-electron chi connectivity index (χ4n) is 4.24. The molecule has 0 spiro atoms. The zero-order valence-corrected chi connectivity index (χ0v) is 16.0. The summed E-state index contributed by atoms with van der Waals surface area (Å²) in [5, 5.41) is 6.60. The van der Waals surface area contributed by atoms with E-state index in [2.05, 4.69) is 10.6 Å². The van der Waals surface area contributed by atoms with E-state index in [1.807, 2.05) is 53.4 Å². The molecule has 2 aliphatic rings. The van der Waals surface area contributed by atoms with Crippen LogP contribution in [0.25, 0.3) is 0 Å². The Morgan fingerprint density at radius 3 is 2.39 bits per heavy atom. The predicted octanol–water partition coefficient (Wildman–Crippen LogP) is 2.38. The van der Waals surface area contributed by atoms with E-state index in [1.165, 1.54) is 6.42 Å². The van der Waals surface area contributed by atoms with Crippen LogP contribution >= 0.6 is 0 Å². The first-order chi connectivity index (χ1) is 13.7.